The standard InChI is InChI=1S/C21H28ClNO3/c1-14-6-7-16(21(2,3)4)18(10-14)25-8-9-26-20-17(22)11-15(13-23)12-19(20)24-5/h6-7,10-12H,8-9,13,23H2,1-5H3. The van der Waals surface area contributed by atoms with Gasteiger partial charge >= 0.3 is 0 Å². The van der Waals surface area contributed by atoms with E-state index in [0.29, 0.717) is 36.3 Å². The van der Waals surface area contributed by atoms with Gasteiger partial charge in [0.05, 0.1) is 12.1 Å². The van der Waals surface area contributed by atoms with Crippen molar-refractivity contribution in [3.63, 3.8) is 0 Å². The number of rotatable bonds is 7. The highest BCUT2D eigenvalue weighted by molar-refractivity contribution is 6.32. The molecule has 4 nitrogen and oxygen atoms in total. The van der Waals surface area contributed by atoms with E-state index in [1.54, 1.807) is 13.2 Å². The molecule has 0 saturated carbocycles. The van der Waals surface area contributed by atoms with Crippen LogP contribution in [0, 0.1) is 6.92 Å². The van der Waals surface area contributed by atoms with Crippen LogP contribution in [0.4, 0.5) is 0 Å². The summed E-state index contributed by atoms with van der Waals surface area (Å²) >= 11 is 6.29. The van der Waals surface area contributed by atoms with Crippen molar-refractivity contribution in [3.05, 3.63) is 52.0 Å². The van der Waals surface area contributed by atoms with E-state index in [1.165, 1.54) is 5.56 Å². The fraction of sp³-hybridized carbons (Fsp3) is 0.429. The van der Waals surface area contributed by atoms with Crippen LogP contribution in [0.15, 0.2) is 30.3 Å². The fourth-order valence-corrected chi connectivity index (χ4v) is 2.98. The van der Waals surface area contributed by atoms with Crippen LogP contribution >= 0.6 is 11.6 Å². The lowest BCUT2D eigenvalue weighted by atomic mass is 9.86. The summed E-state index contributed by atoms with van der Waals surface area (Å²) in [5, 5.41) is 0.482. The molecule has 2 N–H and O–H groups in total. The molecular formula is C21H28ClNO3. The molecule has 0 aliphatic heterocycles. The quantitative estimate of drug-likeness (QED) is 0.699. The third-order valence-electron chi connectivity index (χ3n) is 4.06. The van der Waals surface area contributed by atoms with Crippen molar-refractivity contribution in [2.24, 2.45) is 5.73 Å². The number of benzene rings is 2. The van der Waals surface area contributed by atoms with Crippen LogP contribution in [-0.4, -0.2) is 20.3 Å². The molecule has 0 aliphatic rings. The molecule has 0 radical (unpaired) electrons. The van der Waals surface area contributed by atoms with Gasteiger partial charge in [-0.05, 0) is 47.2 Å². The SMILES string of the molecule is COc1cc(CN)cc(Cl)c1OCCOc1cc(C)ccc1C(C)(C)C. The van der Waals surface area contributed by atoms with Crippen molar-refractivity contribution in [3.8, 4) is 17.2 Å². The van der Waals surface area contributed by atoms with Crippen LogP contribution in [0.3, 0.4) is 0 Å². The topological polar surface area (TPSA) is 53.7 Å². The maximum absolute atomic E-state index is 6.29. The predicted octanol–water partition coefficient (Wildman–Crippen LogP) is 4.87. The number of aryl methyl sites for hydroxylation is 1. The monoisotopic (exact) mass is 377 g/mol. The molecule has 0 aliphatic carbocycles. The van der Waals surface area contributed by atoms with Crippen molar-refractivity contribution < 1.29 is 14.2 Å². The highest BCUT2D eigenvalue weighted by Crippen LogP contribution is 2.36. The van der Waals surface area contributed by atoms with Gasteiger partial charge in [0, 0.05) is 6.54 Å². The summed E-state index contributed by atoms with van der Waals surface area (Å²) in [6.07, 6.45) is 0. The summed E-state index contributed by atoms with van der Waals surface area (Å²) < 4.78 is 17.2. The molecule has 0 bridgehead atoms. The van der Waals surface area contributed by atoms with E-state index < -0.39 is 0 Å². The normalized spacial score (nSPS) is 11.3. The smallest absolute Gasteiger partial charge is 0.179 e. The second-order valence-electron chi connectivity index (χ2n) is 7.26. The first-order valence-electron chi connectivity index (χ1n) is 8.69. The molecule has 142 valence electrons. The minimum Gasteiger partial charge on any atom is -0.493 e. The van der Waals surface area contributed by atoms with E-state index >= 15 is 0 Å². The summed E-state index contributed by atoms with van der Waals surface area (Å²) in [4.78, 5) is 0. The maximum atomic E-state index is 6.29. The molecule has 0 unspecified atom stereocenters. The van der Waals surface area contributed by atoms with Gasteiger partial charge in [-0.25, -0.2) is 0 Å². The van der Waals surface area contributed by atoms with Gasteiger partial charge in [0.15, 0.2) is 11.5 Å². The number of hydrogen-bond donors (Lipinski definition) is 1. The predicted molar refractivity (Wildman–Crippen MR) is 107 cm³/mol. The van der Waals surface area contributed by atoms with E-state index in [1.807, 2.05) is 6.07 Å². The highest BCUT2D eigenvalue weighted by atomic mass is 35.5. The third-order valence-corrected chi connectivity index (χ3v) is 4.34. The van der Waals surface area contributed by atoms with Crippen molar-refractivity contribution in [1.29, 1.82) is 0 Å². The summed E-state index contributed by atoms with van der Waals surface area (Å²) in [5.41, 5.74) is 8.90. The molecule has 2 aromatic carbocycles. The molecule has 0 atom stereocenters. The highest BCUT2D eigenvalue weighted by Gasteiger charge is 2.19. The van der Waals surface area contributed by atoms with Crippen LogP contribution < -0.4 is 19.9 Å². The molecule has 0 amide bonds. The molecule has 0 spiro atoms. The van der Waals surface area contributed by atoms with Crippen molar-refractivity contribution in [1.82, 2.24) is 0 Å². The van der Waals surface area contributed by atoms with Crippen molar-refractivity contribution in [2.75, 3.05) is 20.3 Å². The maximum Gasteiger partial charge on any atom is 0.179 e. The van der Waals surface area contributed by atoms with Gasteiger partial charge in [0.2, 0.25) is 0 Å². The molecule has 2 rings (SSSR count). The third kappa shape index (κ3) is 5.05. The Bertz CT molecular complexity index is 754. The molecule has 0 fully saturated rings. The lowest BCUT2D eigenvalue weighted by molar-refractivity contribution is 0.208. The Morgan fingerprint density at radius 1 is 1.00 bits per heavy atom. The van der Waals surface area contributed by atoms with Crippen molar-refractivity contribution in [2.45, 2.75) is 39.7 Å². The van der Waals surface area contributed by atoms with Crippen LogP contribution in [0.2, 0.25) is 5.02 Å². The summed E-state index contributed by atoms with van der Waals surface area (Å²) in [6, 6.07) is 9.91. The summed E-state index contributed by atoms with van der Waals surface area (Å²) in [5.74, 6) is 1.97. The Hall–Kier alpha value is -1.91. The second kappa shape index (κ2) is 8.65. The average Bonchev–Trinajstić information content (AvgIpc) is 2.58. The largest absolute Gasteiger partial charge is 0.493 e. The van der Waals surface area contributed by atoms with E-state index in [9.17, 15) is 0 Å². The number of nitrogens with two attached hydrogens (primary N) is 1. The van der Waals surface area contributed by atoms with Gasteiger partial charge in [-0.1, -0.05) is 44.5 Å². The van der Waals surface area contributed by atoms with Gasteiger partial charge in [0.1, 0.15) is 19.0 Å². The minimum atomic E-state index is 0.00841. The Balaban J connectivity index is 2.05. The Kier molecular flexibility index (Phi) is 6.79. The van der Waals surface area contributed by atoms with Gasteiger partial charge in [-0.15, -0.1) is 0 Å². The molecular weight excluding hydrogens is 350 g/mol. The molecule has 2 aromatic rings. The van der Waals surface area contributed by atoms with Gasteiger partial charge in [-0.3, -0.25) is 0 Å². The van der Waals surface area contributed by atoms with E-state index in [-0.39, 0.29) is 5.41 Å². The van der Waals surface area contributed by atoms with Gasteiger partial charge < -0.3 is 19.9 Å². The Morgan fingerprint density at radius 3 is 2.31 bits per heavy atom. The second-order valence-corrected chi connectivity index (χ2v) is 7.67. The zero-order valence-corrected chi connectivity index (χ0v) is 16.9. The number of ether oxygens (including phenoxy) is 3. The fourth-order valence-electron chi connectivity index (χ4n) is 2.70. The van der Waals surface area contributed by atoms with E-state index in [0.717, 1.165) is 16.9 Å². The van der Waals surface area contributed by atoms with Gasteiger partial charge in [0.25, 0.3) is 0 Å². The first-order chi connectivity index (χ1) is 12.3. The van der Waals surface area contributed by atoms with Crippen LogP contribution in [0.25, 0.3) is 0 Å². The van der Waals surface area contributed by atoms with Gasteiger partial charge in [-0.2, -0.15) is 0 Å². The zero-order valence-electron chi connectivity index (χ0n) is 16.2. The Morgan fingerprint density at radius 2 is 1.69 bits per heavy atom. The van der Waals surface area contributed by atoms with Crippen LogP contribution in [0.5, 0.6) is 17.2 Å². The summed E-state index contributed by atoms with van der Waals surface area (Å²) in [7, 11) is 1.58. The number of methoxy groups -OCH3 is 1. The lowest BCUT2D eigenvalue weighted by Crippen LogP contribution is -2.16. The minimum absolute atomic E-state index is 0.00841. The van der Waals surface area contributed by atoms with Crippen molar-refractivity contribution >= 4 is 11.6 Å². The average molecular weight is 378 g/mol. The first-order valence-corrected chi connectivity index (χ1v) is 9.07. The molecule has 0 heterocycles. The van der Waals surface area contributed by atoms with Crippen LogP contribution in [-0.2, 0) is 12.0 Å². The number of hydrogen-bond acceptors (Lipinski definition) is 4. The molecule has 5 heteroatoms. The lowest BCUT2D eigenvalue weighted by Gasteiger charge is -2.23. The zero-order chi connectivity index (χ0) is 19.3. The van der Waals surface area contributed by atoms with Crippen LogP contribution in [0.1, 0.15) is 37.5 Å². The molecule has 0 aromatic heterocycles. The number of halogens is 1. The van der Waals surface area contributed by atoms with E-state index in [4.69, 9.17) is 31.5 Å². The first kappa shape index (κ1) is 20.4. The molecule has 0 saturated heterocycles. The Labute approximate surface area is 161 Å². The van der Waals surface area contributed by atoms with E-state index in [2.05, 4.69) is 45.9 Å². The summed E-state index contributed by atoms with van der Waals surface area (Å²) in [6.45, 7) is 9.72. The molecule has 26 heavy (non-hydrogen) atoms.